The van der Waals surface area contributed by atoms with Crippen molar-refractivity contribution in [1.29, 1.82) is 0 Å². The van der Waals surface area contributed by atoms with Gasteiger partial charge in [0.15, 0.2) is 0 Å². The van der Waals surface area contributed by atoms with E-state index in [4.69, 9.17) is 0 Å². The van der Waals surface area contributed by atoms with E-state index in [-0.39, 0.29) is 0 Å². The van der Waals surface area contributed by atoms with E-state index in [1.165, 1.54) is 10.4 Å². The van der Waals surface area contributed by atoms with Crippen LogP contribution in [-0.4, -0.2) is 12.0 Å². The third-order valence-electron chi connectivity index (χ3n) is 1.76. The summed E-state index contributed by atoms with van der Waals surface area (Å²) in [5, 5.41) is 8.45. The van der Waals surface area contributed by atoms with Crippen molar-refractivity contribution in [3.63, 3.8) is 0 Å². The Hall–Kier alpha value is -0.230. The van der Waals surface area contributed by atoms with E-state index < -0.39 is 0 Å². The van der Waals surface area contributed by atoms with E-state index in [1.807, 2.05) is 13.2 Å². The summed E-state index contributed by atoms with van der Waals surface area (Å²) in [7, 11) is 1.93. The van der Waals surface area contributed by atoms with E-state index in [0.29, 0.717) is 0 Å². The van der Waals surface area contributed by atoms with E-state index in [1.54, 1.807) is 22.7 Å². The molecule has 0 atom stereocenters. The second-order valence-electron chi connectivity index (χ2n) is 2.78. The maximum atomic E-state index is 4.34. The van der Waals surface area contributed by atoms with Gasteiger partial charge >= 0.3 is 0 Å². The topological polar surface area (TPSA) is 24.9 Å². The molecular weight excluding hydrogens is 280 g/mol. The molecule has 2 nitrogen and oxygen atoms in total. The summed E-state index contributed by atoms with van der Waals surface area (Å²) < 4.78 is 1.15. The molecule has 0 aromatic carbocycles. The van der Waals surface area contributed by atoms with Crippen LogP contribution < -0.4 is 5.32 Å². The summed E-state index contributed by atoms with van der Waals surface area (Å²) in [5.41, 5.74) is 1.25. The first-order valence-electron chi connectivity index (χ1n) is 4.12. The summed E-state index contributed by atoms with van der Waals surface area (Å²) in [6.07, 6.45) is 1.93. The van der Waals surface area contributed by atoms with Crippen LogP contribution in [0.4, 0.5) is 0 Å². The van der Waals surface area contributed by atoms with Gasteiger partial charge in [0.2, 0.25) is 0 Å². The molecule has 0 aliphatic rings. The van der Waals surface area contributed by atoms with Crippen LogP contribution in [-0.2, 0) is 6.54 Å². The van der Waals surface area contributed by atoms with Gasteiger partial charge in [-0.1, -0.05) is 0 Å². The van der Waals surface area contributed by atoms with Crippen molar-refractivity contribution in [2.45, 2.75) is 6.54 Å². The van der Waals surface area contributed by atoms with Crippen LogP contribution in [0, 0.1) is 0 Å². The number of nitrogens with zero attached hydrogens (tertiary/aromatic N) is 1. The Morgan fingerprint density at radius 1 is 1.50 bits per heavy atom. The van der Waals surface area contributed by atoms with Gasteiger partial charge in [0, 0.05) is 33.5 Å². The van der Waals surface area contributed by atoms with E-state index >= 15 is 0 Å². The van der Waals surface area contributed by atoms with E-state index in [2.05, 4.69) is 37.0 Å². The normalized spacial score (nSPS) is 10.7. The number of nitrogens with one attached hydrogen (secondary N) is 1. The first-order valence-corrected chi connectivity index (χ1v) is 6.68. The Morgan fingerprint density at radius 2 is 2.36 bits per heavy atom. The molecule has 74 valence electrons. The van der Waals surface area contributed by atoms with Crippen LogP contribution in [0.3, 0.4) is 0 Å². The standard InChI is InChI=1S/C9H9BrN2S2/c1-11-3-9-12-2-8(14-9)6-4-13-5-7(6)10/h2,4-5,11H,3H2,1H3. The highest BCUT2D eigenvalue weighted by atomic mass is 79.9. The fourth-order valence-corrected chi connectivity index (χ4v) is 3.80. The zero-order valence-electron chi connectivity index (χ0n) is 7.58. The van der Waals surface area contributed by atoms with Crippen LogP contribution >= 0.6 is 38.6 Å². The highest BCUT2D eigenvalue weighted by molar-refractivity contribution is 9.10. The smallest absolute Gasteiger partial charge is 0.107 e. The fourth-order valence-electron chi connectivity index (χ4n) is 1.13. The third kappa shape index (κ3) is 2.06. The van der Waals surface area contributed by atoms with Gasteiger partial charge in [0.1, 0.15) is 5.01 Å². The zero-order chi connectivity index (χ0) is 9.97. The molecular formula is C9H9BrN2S2. The highest BCUT2D eigenvalue weighted by Crippen LogP contribution is 2.34. The Balaban J connectivity index is 2.29. The van der Waals surface area contributed by atoms with Crippen molar-refractivity contribution < 1.29 is 0 Å². The lowest BCUT2D eigenvalue weighted by Gasteiger charge is -1.92. The van der Waals surface area contributed by atoms with Crippen LogP contribution in [0.5, 0.6) is 0 Å². The predicted molar refractivity (Wildman–Crippen MR) is 65.9 cm³/mol. The minimum atomic E-state index is 0.840. The van der Waals surface area contributed by atoms with Gasteiger partial charge in [-0.05, 0) is 23.0 Å². The van der Waals surface area contributed by atoms with Crippen molar-refractivity contribution in [2.24, 2.45) is 0 Å². The van der Waals surface area contributed by atoms with Crippen LogP contribution in [0.25, 0.3) is 10.4 Å². The fraction of sp³-hybridized carbons (Fsp3) is 0.222. The van der Waals surface area contributed by atoms with Crippen LogP contribution in [0.15, 0.2) is 21.4 Å². The molecule has 2 rings (SSSR count). The first kappa shape index (κ1) is 10.3. The lowest BCUT2D eigenvalue weighted by molar-refractivity contribution is 0.810. The molecule has 0 amide bonds. The molecule has 2 heterocycles. The predicted octanol–water partition coefficient (Wildman–Crippen LogP) is 3.35. The summed E-state index contributed by atoms with van der Waals surface area (Å²) in [6.45, 7) is 0.840. The molecule has 14 heavy (non-hydrogen) atoms. The number of hydrogen-bond acceptors (Lipinski definition) is 4. The number of rotatable bonds is 3. The average Bonchev–Trinajstić information content (AvgIpc) is 2.74. The number of thiophene rings is 1. The lowest BCUT2D eigenvalue weighted by Crippen LogP contribution is -2.03. The van der Waals surface area contributed by atoms with Gasteiger partial charge in [0.05, 0.1) is 4.88 Å². The molecule has 0 fully saturated rings. The average molecular weight is 289 g/mol. The van der Waals surface area contributed by atoms with Gasteiger partial charge in [-0.15, -0.1) is 11.3 Å². The second kappa shape index (κ2) is 4.53. The first-order chi connectivity index (χ1) is 6.81. The zero-order valence-corrected chi connectivity index (χ0v) is 10.8. The quantitative estimate of drug-likeness (QED) is 0.937. The molecule has 5 heteroatoms. The van der Waals surface area contributed by atoms with Gasteiger partial charge in [0.25, 0.3) is 0 Å². The monoisotopic (exact) mass is 288 g/mol. The van der Waals surface area contributed by atoms with Crippen molar-refractivity contribution >= 4 is 38.6 Å². The van der Waals surface area contributed by atoms with Gasteiger partial charge in [-0.2, -0.15) is 11.3 Å². The second-order valence-corrected chi connectivity index (χ2v) is 5.50. The molecule has 0 spiro atoms. The molecule has 0 radical (unpaired) electrons. The molecule has 0 aliphatic heterocycles. The molecule has 0 saturated heterocycles. The maximum Gasteiger partial charge on any atom is 0.107 e. The molecule has 0 saturated carbocycles. The van der Waals surface area contributed by atoms with Crippen molar-refractivity contribution in [3.05, 3.63) is 26.4 Å². The Labute approximate surface area is 99.1 Å². The number of aromatic nitrogens is 1. The third-order valence-corrected chi connectivity index (χ3v) is 4.50. The highest BCUT2D eigenvalue weighted by Gasteiger charge is 2.07. The number of thiazole rings is 1. The Morgan fingerprint density at radius 3 is 3.00 bits per heavy atom. The largest absolute Gasteiger partial charge is 0.314 e. The SMILES string of the molecule is CNCc1ncc(-c2cscc2Br)s1. The molecule has 0 bridgehead atoms. The Bertz CT molecular complexity index is 422. The minimum absolute atomic E-state index is 0.840. The van der Waals surface area contributed by atoms with Gasteiger partial charge < -0.3 is 5.32 Å². The maximum absolute atomic E-state index is 4.34. The summed E-state index contributed by atoms with van der Waals surface area (Å²) in [6, 6.07) is 0. The van der Waals surface area contributed by atoms with E-state index in [9.17, 15) is 0 Å². The van der Waals surface area contributed by atoms with E-state index in [0.717, 1.165) is 16.0 Å². The number of halogens is 1. The van der Waals surface area contributed by atoms with Crippen molar-refractivity contribution in [1.82, 2.24) is 10.3 Å². The summed E-state index contributed by atoms with van der Waals surface area (Å²) >= 11 is 6.96. The molecule has 0 aliphatic carbocycles. The molecule has 0 unspecified atom stereocenters. The summed E-state index contributed by atoms with van der Waals surface area (Å²) in [5.74, 6) is 0. The van der Waals surface area contributed by atoms with Crippen LogP contribution in [0.2, 0.25) is 0 Å². The lowest BCUT2D eigenvalue weighted by atomic mass is 10.3. The minimum Gasteiger partial charge on any atom is -0.314 e. The van der Waals surface area contributed by atoms with Crippen molar-refractivity contribution in [3.8, 4) is 10.4 Å². The molecule has 1 N–H and O–H groups in total. The molecule has 2 aromatic heterocycles. The van der Waals surface area contributed by atoms with Gasteiger partial charge in [-0.3, -0.25) is 0 Å². The number of hydrogen-bond donors (Lipinski definition) is 1. The van der Waals surface area contributed by atoms with Crippen molar-refractivity contribution in [2.75, 3.05) is 7.05 Å². The van der Waals surface area contributed by atoms with Gasteiger partial charge in [-0.25, -0.2) is 4.98 Å². The van der Waals surface area contributed by atoms with Crippen LogP contribution in [0.1, 0.15) is 5.01 Å². The molecule has 2 aromatic rings. The Kier molecular flexibility index (Phi) is 3.33. The summed E-state index contributed by atoms with van der Waals surface area (Å²) in [4.78, 5) is 5.57.